The van der Waals surface area contributed by atoms with Crippen LogP contribution in [0.15, 0.2) is 78.9 Å². The summed E-state index contributed by atoms with van der Waals surface area (Å²) >= 11 is 0. The molecular formula is C36H45N3O6. The average molecular weight is 616 g/mol. The van der Waals surface area contributed by atoms with Crippen LogP contribution in [0.4, 0.5) is 0 Å². The van der Waals surface area contributed by atoms with E-state index < -0.39 is 18.4 Å². The Balaban J connectivity index is 1.24. The highest BCUT2D eigenvalue weighted by Crippen LogP contribution is 2.42. The summed E-state index contributed by atoms with van der Waals surface area (Å²) in [5, 5.41) is 12.4. The summed E-state index contributed by atoms with van der Waals surface area (Å²) in [6, 6.07) is 26.4. The molecule has 2 N–H and O–H groups in total. The lowest BCUT2D eigenvalue weighted by Gasteiger charge is -2.44. The molecule has 3 aromatic rings. The van der Waals surface area contributed by atoms with Crippen molar-refractivity contribution < 1.29 is 28.9 Å². The summed E-state index contributed by atoms with van der Waals surface area (Å²) in [6.45, 7) is 11.1. The van der Waals surface area contributed by atoms with Crippen molar-refractivity contribution in [3.8, 4) is 0 Å². The van der Waals surface area contributed by atoms with Crippen LogP contribution in [0.5, 0.6) is 0 Å². The number of aliphatic hydroxyl groups excluding tert-OH is 1. The molecule has 2 aliphatic rings. The monoisotopic (exact) mass is 615 g/mol. The number of amides is 1. The minimum absolute atomic E-state index is 0.00142. The average Bonchev–Trinajstić information content (AvgIpc) is 3.06. The first kappa shape index (κ1) is 32.8. The number of nitrogens with zero attached hydrogens (tertiary/aromatic N) is 2. The van der Waals surface area contributed by atoms with Crippen LogP contribution in [-0.2, 0) is 43.5 Å². The largest absolute Gasteiger partial charge is 0.453 e. The molecule has 0 aromatic heterocycles. The Morgan fingerprint density at radius 2 is 1.49 bits per heavy atom. The number of hydrogen-bond acceptors (Lipinski definition) is 8. The van der Waals surface area contributed by atoms with Crippen molar-refractivity contribution in [2.45, 2.75) is 65.1 Å². The minimum Gasteiger partial charge on any atom is -0.453 e. The Morgan fingerprint density at radius 3 is 2.13 bits per heavy atom. The molecule has 45 heavy (non-hydrogen) atoms. The number of aliphatic hydroxyl groups is 1. The van der Waals surface area contributed by atoms with Gasteiger partial charge in [0, 0.05) is 64.2 Å². The maximum Gasteiger partial charge on any atom is 0.303 e. The zero-order chi connectivity index (χ0) is 31.8. The number of hydrogen-bond donors (Lipinski definition) is 2. The van der Waals surface area contributed by atoms with Crippen LogP contribution < -0.4 is 5.32 Å². The number of carbonyl (C=O) groups is 2. The third-order valence-electron chi connectivity index (χ3n) is 8.71. The lowest BCUT2D eigenvalue weighted by Crippen LogP contribution is -2.51. The molecule has 2 fully saturated rings. The second kappa shape index (κ2) is 15.6. The minimum atomic E-state index is -0.847. The molecule has 0 radical (unpaired) electrons. The Labute approximate surface area is 266 Å². The third kappa shape index (κ3) is 8.99. The van der Waals surface area contributed by atoms with Crippen molar-refractivity contribution >= 4 is 11.9 Å². The molecular weight excluding hydrogens is 570 g/mol. The molecule has 9 heteroatoms. The molecule has 2 saturated heterocycles. The summed E-state index contributed by atoms with van der Waals surface area (Å²) in [7, 11) is 0. The van der Waals surface area contributed by atoms with Crippen molar-refractivity contribution in [1.82, 2.24) is 15.1 Å². The van der Waals surface area contributed by atoms with Gasteiger partial charge in [-0.3, -0.25) is 19.4 Å². The van der Waals surface area contributed by atoms with Crippen molar-refractivity contribution in [2.24, 2.45) is 5.92 Å². The van der Waals surface area contributed by atoms with Gasteiger partial charge < -0.3 is 24.6 Å². The molecule has 5 rings (SSSR count). The van der Waals surface area contributed by atoms with E-state index in [0.29, 0.717) is 6.54 Å². The molecule has 0 saturated carbocycles. The summed E-state index contributed by atoms with van der Waals surface area (Å²) in [4.78, 5) is 28.4. The molecule has 0 bridgehead atoms. The number of esters is 1. The van der Waals surface area contributed by atoms with Crippen LogP contribution in [0, 0.1) is 5.92 Å². The van der Waals surface area contributed by atoms with Crippen LogP contribution in [0.3, 0.4) is 0 Å². The Bertz CT molecular complexity index is 1380. The molecule has 240 valence electrons. The summed E-state index contributed by atoms with van der Waals surface area (Å²) < 4.78 is 18.3. The van der Waals surface area contributed by atoms with E-state index in [2.05, 4.69) is 52.4 Å². The van der Waals surface area contributed by atoms with Gasteiger partial charge in [-0.2, -0.15) is 0 Å². The predicted molar refractivity (Wildman–Crippen MR) is 171 cm³/mol. The second-order valence-corrected chi connectivity index (χ2v) is 12.1. The summed E-state index contributed by atoms with van der Waals surface area (Å²) in [5.41, 5.74) is 5.08. The van der Waals surface area contributed by atoms with Crippen LogP contribution in [-0.4, -0.2) is 71.7 Å². The van der Waals surface area contributed by atoms with Gasteiger partial charge in [0.15, 0.2) is 12.4 Å². The van der Waals surface area contributed by atoms with Gasteiger partial charge in [0.05, 0.1) is 18.8 Å². The first-order valence-electron chi connectivity index (χ1n) is 15.8. The smallest absolute Gasteiger partial charge is 0.303 e. The van der Waals surface area contributed by atoms with E-state index in [-0.39, 0.29) is 30.6 Å². The molecule has 0 aliphatic carbocycles. The molecule has 0 spiro atoms. The van der Waals surface area contributed by atoms with Gasteiger partial charge in [0.25, 0.3) is 5.91 Å². The van der Waals surface area contributed by atoms with E-state index in [1.54, 1.807) is 6.92 Å². The molecule has 2 aliphatic heterocycles. The Hall–Kier alpha value is -3.60. The summed E-state index contributed by atoms with van der Waals surface area (Å²) in [5.74, 6) is -0.728. The van der Waals surface area contributed by atoms with Crippen molar-refractivity contribution in [3.63, 3.8) is 0 Å². The van der Waals surface area contributed by atoms with Crippen LogP contribution >= 0.6 is 0 Å². The van der Waals surface area contributed by atoms with Crippen LogP contribution in [0.25, 0.3) is 0 Å². The maximum atomic E-state index is 12.3. The number of nitrogens with one attached hydrogen (secondary N) is 1. The van der Waals surface area contributed by atoms with Crippen LogP contribution in [0.1, 0.15) is 61.0 Å². The first-order valence-corrected chi connectivity index (χ1v) is 15.8. The molecule has 3 aromatic carbocycles. The highest BCUT2D eigenvalue weighted by atomic mass is 16.7. The predicted octanol–water partition coefficient (Wildman–Crippen LogP) is 4.36. The zero-order valence-electron chi connectivity index (χ0n) is 26.4. The van der Waals surface area contributed by atoms with Gasteiger partial charge in [-0.1, -0.05) is 85.8 Å². The Morgan fingerprint density at radius 1 is 0.867 bits per heavy atom. The van der Waals surface area contributed by atoms with Crippen molar-refractivity contribution in [1.29, 1.82) is 0 Å². The van der Waals surface area contributed by atoms with E-state index in [1.165, 1.54) is 12.5 Å². The summed E-state index contributed by atoms with van der Waals surface area (Å²) in [6.07, 6.45) is -1.63. The quantitative estimate of drug-likeness (QED) is 0.307. The van der Waals surface area contributed by atoms with E-state index >= 15 is 0 Å². The van der Waals surface area contributed by atoms with Crippen molar-refractivity contribution in [2.75, 3.05) is 32.7 Å². The number of piperazine rings is 1. The number of carbonyl (C=O) groups excluding carboxylic acids is 2. The fourth-order valence-electron chi connectivity index (χ4n) is 5.98. The van der Waals surface area contributed by atoms with Gasteiger partial charge in [0.2, 0.25) is 0 Å². The topological polar surface area (TPSA) is 101 Å². The maximum absolute atomic E-state index is 12.3. The molecule has 1 amide bonds. The first-order chi connectivity index (χ1) is 21.8. The lowest BCUT2D eigenvalue weighted by atomic mass is 9.90. The lowest BCUT2D eigenvalue weighted by molar-refractivity contribution is -0.276. The van der Waals surface area contributed by atoms with E-state index in [1.807, 2.05) is 48.5 Å². The molecule has 5 atom stereocenters. The van der Waals surface area contributed by atoms with Gasteiger partial charge in [-0.05, 0) is 29.2 Å². The highest BCUT2D eigenvalue weighted by molar-refractivity contribution is 5.82. The fraction of sp³-hybridized carbons (Fsp3) is 0.444. The normalized spacial score (nSPS) is 23.3. The highest BCUT2D eigenvalue weighted by Gasteiger charge is 2.39. The second-order valence-electron chi connectivity index (χ2n) is 12.1. The molecule has 2 heterocycles. The van der Waals surface area contributed by atoms with E-state index in [9.17, 15) is 14.7 Å². The number of rotatable bonds is 11. The fourth-order valence-corrected chi connectivity index (χ4v) is 5.98. The van der Waals surface area contributed by atoms with Gasteiger partial charge >= 0.3 is 5.97 Å². The van der Waals surface area contributed by atoms with E-state index in [4.69, 9.17) is 14.2 Å². The van der Waals surface area contributed by atoms with Crippen molar-refractivity contribution in [3.05, 3.63) is 107 Å². The van der Waals surface area contributed by atoms with Gasteiger partial charge in [-0.15, -0.1) is 0 Å². The standard InChI is InChI=1S/C36H45N3O6/c1-25-33(23-39-19-17-38(18-20-39)22-29-7-5-4-6-8-29)44-36(45-34(25)31-13-11-30(24-40)12-14-31)32-15-9-28(10-16-32)21-37-35(42)26(2)43-27(3)41/h4-16,25-26,33-34,36,40H,17-24H2,1-3H3,(H,37,42). The number of ether oxygens (including phenoxy) is 3. The van der Waals surface area contributed by atoms with Crippen LogP contribution in [0.2, 0.25) is 0 Å². The molecule has 9 nitrogen and oxygen atoms in total. The Kier molecular flexibility index (Phi) is 11.4. The SMILES string of the molecule is CC(=O)OC(C)C(=O)NCc1ccc(C2OC(CN3CCN(Cc4ccccc4)CC3)C(C)C(c3ccc(CO)cc3)O2)cc1. The zero-order valence-corrected chi connectivity index (χ0v) is 26.4. The third-order valence-corrected chi connectivity index (χ3v) is 8.71. The number of benzene rings is 3. The molecule has 5 unspecified atom stereocenters. The van der Waals surface area contributed by atoms with E-state index in [0.717, 1.165) is 61.5 Å². The van der Waals surface area contributed by atoms with Gasteiger partial charge in [0.1, 0.15) is 0 Å². The van der Waals surface area contributed by atoms with Gasteiger partial charge in [-0.25, -0.2) is 0 Å².